The largest absolute Gasteiger partial charge is 0.619 e. The highest BCUT2D eigenvalue weighted by Gasteiger charge is 2.35. The highest BCUT2D eigenvalue weighted by molar-refractivity contribution is 7.99. The minimum atomic E-state index is -4.54. The van der Waals surface area contributed by atoms with Gasteiger partial charge in [-0.1, -0.05) is 182 Å². The Hall–Kier alpha value is -7.93. The first-order valence-electron chi connectivity index (χ1n) is 36.1. The molecule has 0 aliphatic heterocycles. The molecule has 0 aromatic carbocycles. The number of nitrogens with one attached hydrogen (secondary N) is 7. The summed E-state index contributed by atoms with van der Waals surface area (Å²) in [4.78, 5) is 135. The second-order valence-electron chi connectivity index (χ2n) is 22.8. The summed E-state index contributed by atoms with van der Waals surface area (Å²) in [6, 6.07) is 7.41. The summed E-state index contributed by atoms with van der Waals surface area (Å²) in [5.41, 5.74) is -4.27. The van der Waals surface area contributed by atoms with E-state index in [0.29, 0.717) is 102 Å². The quantitative estimate of drug-likeness (QED) is 0.0122. The van der Waals surface area contributed by atoms with Crippen molar-refractivity contribution in [3.8, 4) is 0 Å². The molecule has 26 nitrogen and oxygen atoms in total. The van der Waals surface area contributed by atoms with Crippen molar-refractivity contribution in [1.82, 2.24) is 84.7 Å². The van der Waals surface area contributed by atoms with E-state index in [1.165, 1.54) is 78.6 Å². The number of hydrogen-bond acceptors (Lipinski definition) is 24. The van der Waals surface area contributed by atoms with Gasteiger partial charge in [-0.15, -0.1) is 0 Å². The van der Waals surface area contributed by atoms with Crippen LogP contribution in [-0.4, -0.2) is 84.7 Å². The molecule has 0 amide bonds. The number of aryl methyl sites for hydroxylation is 6. The van der Waals surface area contributed by atoms with Crippen molar-refractivity contribution in [3.63, 3.8) is 0 Å². The van der Waals surface area contributed by atoms with Crippen LogP contribution in [0.3, 0.4) is 0 Å². The minimum absolute atomic E-state index is 0.0172. The van der Waals surface area contributed by atoms with Crippen LogP contribution in [0.15, 0.2) is 169 Å². The molecule has 12 rings (SSSR count). The van der Waals surface area contributed by atoms with Gasteiger partial charge in [-0.2, -0.15) is 26.7 Å². The molecule has 618 valence electrons. The van der Waals surface area contributed by atoms with E-state index >= 15 is 0 Å². The number of H-pyrrole nitrogens is 7. The van der Waals surface area contributed by atoms with E-state index in [-0.39, 0.29) is 117 Å². The lowest BCUT2D eigenvalue weighted by Gasteiger charge is -2.13. The second kappa shape index (κ2) is 45.5. The monoisotopic (exact) mass is 1910 g/mol. The molecule has 0 unspecified atom stereocenters. The number of thioether (sulfide) groups is 6. The zero-order chi connectivity index (χ0) is 93.2. The fourth-order valence-electron chi connectivity index (χ4n) is 8.54. The van der Waals surface area contributed by atoms with E-state index < -0.39 is 81.7 Å². The van der Waals surface area contributed by atoms with E-state index in [1.807, 2.05) is 6.92 Å². The van der Waals surface area contributed by atoms with Gasteiger partial charge in [-0.3, -0.25) is 53.5 Å². The van der Waals surface area contributed by atoms with Gasteiger partial charge in [0, 0.05) is 189 Å². The first kappa shape index (κ1) is 84.1. The standard InChI is InChI=1S/C13H14FN3OS.C12H9Cl2F2N3O2S.C12H9ClF3N3OS.C11H9Cl2N3O2S.2C11H9Cl2N3OS/c1-3-9-5-15-6-11(14)10(9)7-19-13-16-8(2)4-12(18)17-13;1-12(15,16)7-2-8(20)19-11(18-7)22-4-5-6(13)3-17-10(21)9(5)14;1-6-2-10(20)19-11(18-6)21-5-7-8(12(14,15)16)3-17-4-9(7)13;1-6-2-10(17)15-11(14-6)19-5-7-8(12)3-16(18)4-9(7)13;2*1-6-2-10(17)16-11(15-6)18-5-7-8(12)3-14-4-9(7)13/h4-6H,3,7H2,1-2H3,(H,16,17,18);2-3H,4H2,1H3,(H,17,21)(H,18,19,20);2-4H,5H2,1H3,(H,18,19,20);2-4H,5H2,1H3,(H,14,15,17);2*2-4H,5H2,1H3,(H,15,16,17)/i;;;;2*3D,4D,5D2. The third-order valence-electron chi connectivity index (χ3n) is 13.7. The molecular formula is C70H59Cl9F6N18O8S6. The Labute approximate surface area is 740 Å². The van der Waals surface area contributed by atoms with Crippen molar-refractivity contribution in [2.24, 2.45) is 0 Å². The first-order valence-corrected chi connectivity index (χ1v) is 41.1. The van der Waals surface area contributed by atoms with Crippen LogP contribution in [0.2, 0.25) is 45.2 Å². The molecular weight excluding hydrogens is 1850 g/mol. The van der Waals surface area contributed by atoms with Gasteiger partial charge in [0.2, 0.25) is 0 Å². The number of halogens is 15. The fraction of sp³-hybridized carbons (Fsp3) is 0.229. The maximum atomic E-state index is 13.7. The van der Waals surface area contributed by atoms with Gasteiger partial charge in [-0.05, 0) is 52.2 Å². The zero-order valence-corrected chi connectivity index (χ0v) is 72.0. The normalized spacial score (nSPS) is 12.3. The molecule has 0 bridgehead atoms. The zero-order valence-electron chi connectivity index (χ0n) is 68.3. The molecule has 117 heavy (non-hydrogen) atoms. The van der Waals surface area contributed by atoms with Crippen LogP contribution in [0, 0.1) is 45.6 Å². The lowest BCUT2D eigenvalue weighted by molar-refractivity contribution is -0.605. The summed E-state index contributed by atoms with van der Waals surface area (Å²) in [5.74, 6) is -2.72. The predicted octanol–water partition coefficient (Wildman–Crippen LogP) is 17.5. The molecule has 12 aromatic heterocycles. The van der Waals surface area contributed by atoms with Crippen molar-refractivity contribution >= 4 is 175 Å². The fourth-order valence-corrected chi connectivity index (χ4v) is 16.6. The lowest BCUT2D eigenvalue weighted by atomic mass is 10.1. The highest BCUT2D eigenvalue weighted by Crippen LogP contribution is 2.38. The Balaban J connectivity index is 0.000000206. The summed E-state index contributed by atoms with van der Waals surface area (Å²) >= 11 is 58.8. The van der Waals surface area contributed by atoms with Crippen molar-refractivity contribution in [2.45, 2.75) is 132 Å². The van der Waals surface area contributed by atoms with Crippen molar-refractivity contribution in [2.75, 3.05) is 0 Å². The maximum Gasteiger partial charge on any atom is 0.418 e. The molecule has 0 spiro atoms. The Bertz CT molecular complexity index is 6220. The minimum Gasteiger partial charge on any atom is -0.619 e. The van der Waals surface area contributed by atoms with Gasteiger partial charge < -0.3 is 40.1 Å². The highest BCUT2D eigenvalue weighted by atomic mass is 35.5. The molecule has 0 atom stereocenters. The predicted molar refractivity (Wildman–Crippen MR) is 449 cm³/mol. The van der Waals surface area contributed by atoms with Gasteiger partial charge in [0.1, 0.15) is 26.6 Å². The Kier molecular flexibility index (Phi) is 32.7. The summed E-state index contributed by atoms with van der Waals surface area (Å²) < 4.78 is 142. The van der Waals surface area contributed by atoms with E-state index in [9.17, 15) is 65.1 Å². The summed E-state index contributed by atoms with van der Waals surface area (Å²) in [5, 5.41) is 11.9. The van der Waals surface area contributed by atoms with E-state index in [4.69, 9.17) is 115 Å². The average molecular weight is 1910 g/mol. The van der Waals surface area contributed by atoms with Crippen molar-refractivity contribution in [3.05, 3.63) is 312 Å². The number of rotatable bonds is 20. The smallest absolute Gasteiger partial charge is 0.418 e. The third-order valence-corrected chi connectivity index (χ3v) is 21.5. The maximum absolute atomic E-state index is 13.7. The van der Waals surface area contributed by atoms with Crippen LogP contribution in [0.5, 0.6) is 0 Å². The topological polar surface area (TPSA) is 386 Å². The van der Waals surface area contributed by atoms with Crippen LogP contribution in [0.4, 0.5) is 26.3 Å². The van der Waals surface area contributed by atoms with E-state index in [2.05, 4.69) is 84.7 Å². The van der Waals surface area contributed by atoms with Crippen LogP contribution < -0.4 is 43.6 Å². The molecule has 0 aliphatic rings. The van der Waals surface area contributed by atoms with Gasteiger partial charge >= 0.3 is 6.18 Å². The SMILES string of the molecule is CC(F)(F)c1cc(=O)[nH]c(SCc2c(Cl)c[nH]c(=O)c2Cl)n1.CCc1cncc(F)c1CSc1nc(C)cc(=O)[nH]1.Cc1cc(=O)[nH]c(SCc2c(Cl)c[n+]([O-])cc2Cl)n1.Cc1cc(=O)[nH]c(SCc2c(Cl)cncc2C(F)(F)F)n1.[2H]c1nc([2H])c(Cl)c(C([2H])([2H])Sc2nc(C)cc(=O)[nH]2)c1Cl.[2H]c1nc([2H])c(Cl)c(C([2H])([2H])Sc2nc(C)cc(=O)[nH]2)c1Cl. The lowest BCUT2D eigenvalue weighted by Crippen LogP contribution is -2.25. The Morgan fingerprint density at radius 3 is 1.16 bits per heavy atom. The number of hydrogen-bond donors (Lipinski definition) is 7. The molecule has 47 heteroatoms. The second-order valence-corrected chi connectivity index (χ2v) is 31.8. The Morgan fingerprint density at radius 2 is 0.786 bits per heavy atom. The van der Waals surface area contributed by atoms with Gasteiger partial charge in [-0.25, -0.2) is 34.3 Å². The molecule has 0 fully saturated rings. The van der Waals surface area contributed by atoms with Crippen LogP contribution in [0.1, 0.15) is 103 Å². The Morgan fingerprint density at radius 1 is 0.436 bits per heavy atom. The van der Waals surface area contributed by atoms with E-state index in [1.54, 1.807) is 40.8 Å². The molecule has 7 N–H and O–H groups in total. The van der Waals surface area contributed by atoms with Crippen molar-refractivity contribution in [1.29, 1.82) is 0 Å². The molecule has 12 aromatic rings. The summed E-state index contributed by atoms with van der Waals surface area (Å²) in [7, 11) is 0. The number of pyridine rings is 6. The van der Waals surface area contributed by atoms with Crippen molar-refractivity contribution < 1.29 is 42.0 Å². The number of aromatic amines is 7. The van der Waals surface area contributed by atoms with Crippen LogP contribution in [0.25, 0.3) is 0 Å². The molecule has 0 radical (unpaired) electrons. The first-order chi connectivity index (χ1) is 58.2. The summed E-state index contributed by atoms with van der Waals surface area (Å²) in [6.07, 6.45) is 2.91. The third kappa shape index (κ3) is 31.3. The van der Waals surface area contributed by atoms with E-state index in [0.717, 1.165) is 54.0 Å². The summed E-state index contributed by atoms with van der Waals surface area (Å²) in [6.45, 7) is 10.9. The number of nitrogens with zero attached hydrogens (tertiary/aromatic N) is 11. The van der Waals surface area contributed by atoms with Gasteiger partial charge in [0.15, 0.2) is 43.3 Å². The number of aromatic nitrogens is 18. The molecule has 0 saturated carbocycles. The molecule has 12 heterocycles. The average Bonchev–Trinajstić information content (AvgIpc) is 0.776. The van der Waals surface area contributed by atoms with Gasteiger partial charge in [0.25, 0.3) is 44.8 Å². The van der Waals surface area contributed by atoms with Gasteiger partial charge in [0.05, 0.1) is 47.4 Å². The molecule has 0 aliphatic carbocycles. The number of alkyl halides is 5. The van der Waals surface area contributed by atoms with Crippen LogP contribution >= 0.6 is 175 Å². The molecule has 0 saturated heterocycles. The van der Waals surface area contributed by atoms with Crippen LogP contribution in [-0.2, 0) is 52.9 Å².